The van der Waals surface area contributed by atoms with E-state index in [4.69, 9.17) is 5.14 Å². The molecule has 0 bridgehead atoms. The molecule has 4 nitrogen and oxygen atoms in total. The lowest BCUT2D eigenvalue weighted by Gasteiger charge is -2.14. The summed E-state index contributed by atoms with van der Waals surface area (Å²) in [6, 6.07) is 0. The summed E-state index contributed by atoms with van der Waals surface area (Å²) in [4.78, 5) is 24.7. The Balaban J connectivity index is 2.16. The van der Waals surface area contributed by atoms with Gasteiger partial charge in [0.2, 0.25) is 11.8 Å². The second-order valence-electron chi connectivity index (χ2n) is 5.31. The first-order valence-electron chi connectivity index (χ1n) is 6.76. The van der Waals surface area contributed by atoms with E-state index < -0.39 is 0 Å². The molecular weight excluding hydrogens is 248 g/mol. The van der Waals surface area contributed by atoms with Gasteiger partial charge in [0.05, 0.1) is 0 Å². The molecule has 1 unspecified atom stereocenters. The van der Waals surface area contributed by atoms with E-state index in [1.807, 2.05) is 0 Å². The maximum absolute atomic E-state index is 11.8. The predicted molar refractivity (Wildman–Crippen MR) is 74.8 cm³/mol. The van der Waals surface area contributed by atoms with Crippen LogP contribution in [-0.2, 0) is 9.59 Å². The van der Waals surface area contributed by atoms with E-state index in [0.717, 1.165) is 30.7 Å². The van der Waals surface area contributed by atoms with Crippen LogP contribution in [-0.4, -0.2) is 28.5 Å². The van der Waals surface area contributed by atoms with Gasteiger partial charge < -0.3 is 0 Å². The summed E-state index contributed by atoms with van der Waals surface area (Å²) in [5.41, 5.74) is 0. The molecule has 0 aromatic heterocycles. The van der Waals surface area contributed by atoms with E-state index in [0.29, 0.717) is 6.54 Å². The first-order valence-corrected chi connectivity index (χ1v) is 7.70. The fourth-order valence-electron chi connectivity index (χ4n) is 2.17. The molecule has 0 aliphatic carbocycles. The predicted octanol–water partition coefficient (Wildman–Crippen LogP) is 2.33. The second kappa shape index (κ2) is 7.79. The molecule has 0 aromatic carbocycles. The molecule has 1 heterocycles. The third-order valence-electron chi connectivity index (χ3n) is 3.28. The van der Waals surface area contributed by atoms with Crippen molar-refractivity contribution in [3.63, 3.8) is 0 Å². The summed E-state index contributed by atoms with van der Waals surface area (Å²) in [5.74, 6) is 0.592. The first kappa shape index (κ1) is 15.5. The normalized spacial score (nSPS) is 20.2. The number of nitrogens with two attached hydrogens (primary N) is 1. The molecule has 0 radical (unpaired) electrons. The van der Waals surface area contributed by atoms with Gasteiger partial charge in [-0.1, -0.05) is 51.5 Å². The van der Waals surface area contributed by atoms with E-state index in [2.05, 4.69) is 13.8 Å². The van der Waals surface area contributed by atoms with Crippen molar-refractivity contribution >= 4 is 23.8 Å². The van der Waals surface area contributed by atoms with Gasteiger partial charge in [-0.15, -0.1) is 0 Å². The van der Waals surface area contributed by atoms with Gasteiger partial charge in [-0.25, -0.2) is 0 Å². The van der Waals surface area contributed by atoms with Gasteiger partial charge in [0.1, 0.15) is 5.25 Å². The molecule has 1 aliphatic rings. The largest absolute Gasteiger partial charge is 0.282 e. The topological polar surface area (TPSA) is 63.4 Å². The molecule has 1 aliphatic heterocycles. The number of carbonyl (C=O) groups excluding carboxylic acids is 2. The lowest BCUT2D eigenvalue weighted by Crippen LogP contribution is -2.32. The van der Waals surface area contributed by atoms with Crippen LogP contribution in [0.15, 0.2) is 0 Å². The third kappa shape index (κ3) is 4.61. The summed E-state index contributed by atoms with van der Waals surface area (Å²) < 4.78 is 0. The van der Waals surface area contributed by atoms with Crippen LogP contribution in [0.25, 0.3) is 0 Å². The smallest absolute Gasteiger partial charge is 0.244 e. The van der Waals surface area contributed by atoms with Crippen molar-refractivity contribution in [2.24, 2.45) is 11.1 Å². The highest BCUT2D eigenvalue weighted by atomic mass is 32.2. The molecule has 0 aromatic rings. The molecule has 2 N–H and O–H groups in total. The lowest BCUT2D eigenvalue weighted by atomic mass is 10.0. The van der Waals surface area contributed by atoms with Crippen molar-refractivity contribution < 1.29 is 9.59 Å². The van der Waals surface area contributed by atoms with Crippen molar-refractivity contribution in [3.05, 3.63) is 0 Å². The summed E-state index contributed by atoms with van der Waals surface area (Å²) in [5, 5.41) is 5.04. The summed E-state index contributed by atoms with van der Waals surface area (Å²) in [7, 11) is 0. The van der Waals surface area contributed by atoms with Crippen LogP contribution in [0.4, 0.5) is 0 Å². The maximum atomic E-state index is 11.8. The van der Waals surface area contributed by atoms with Gasteiger partial charge in [0.25, 0.3) is 0 Å². The second-order valence-corrected chi connectivity index (χ2v) is 6.15. The number of amides is 2. The Morgan fingerprint density at radius 1 is 1.28 bits per heavy atom. The van der Waals surface area contributed by atoms with Crippen molar-refractivity contribution in [2.45, 2.75) is 57.6 Å². The van der Waals surface area contributed by atoms with E-state index >= 15 is 0 Å². The zero-order valence-electron chi connectivity index (χ0n) is 11.4. The van der Waals surface area contributed by atoms with Gasteiger partial charge >= 0.3 is 0 Å². The number of rotatable bonds is 8. The Morgan fingerprint density at radius 2 is 1.94 bits per heavy atom. The Morgan fingerprint density at radius 3 is 2.50 bits per heavy atom. The summed E-state index contributed by atoms with van der Waals surface area (Å²) >= 11 is 0.987. The van der Waals surface area contributed by atoms with E-state index in [9.17, 15) is 9.59 Å². The molecule has 2 amide bonds. The molecule has 5 heteroatoms. The van der Waals surface area contributed by atoms with Crippen LogP contribution in [0, 0.1) is 5.92 Å². The van der Waals surface area contributed by atoms with Crippen LogP contribution in [0.3, 0.4) is 0 Å². The van der Waals surface area contributed by atoms with Crippen LogP contribution in [0.5, 0.6) is 0 Å². The molecule has 1 saturated heterocycles. The van der Waals surface area contributed by atoms with Crippen molar-refractivity contribution in [2.75, 3.05) is 6.54 Å². The zero-order valence-corrected chi connectivity index (χ0v) is 12.2. The molecule has 0 saturated carbocycles. The average molecular weight is 272 g/mol. The van der Waals surface area contributed by atoms with E-state index in [1.165, 1.54) is 24.2 Å². The lowest BCUT2D eigenvalue weighted by molar-refractivity contribution is -0.138. The van der Waals surface area contributed by atoms with Gasteiger partial charge in [-0.3, -0.25) is 19.6 Å². The number of imide groups is 1. The quantitative estimate of drug-likeness (QED) is 0.418. The Hall–Kier alpha value is -0.550. The minimum Gasteiger partial charge on any atom is -0.282 e. The molecule has 1 fully saturated rings. The minimum absolute atomic E-state index is 0.0647. The highest BCUT2D eigenvalue weighted by Gasteiger charge is 2.37. The third-order valence-corrected chi connectivity index (χ3v) is 3.98. The molecule has 1 rings (SSSR count). The standard InChI is InChI=1S/C13H24N2O2S/c1-10(2)7-5-3-4-6-8-15-12(16)9-11(18-14)13(15)17/h10-11H,3-9,14H2,1-2H3. The Labute approximate surface area is 114 Å². The molecule has 1 atom stereocenters. The number of hydrogen-bond donors (Lipinski definition) is 1. The monoisotopic (exact) mass is 272 g/mol. The fourth-order valence-corrected chi connectivity index (χ4v) is 2.65. The van der Waals surface area contributed by atoms with Crippen LogP contribution >= 0.6 is 11.9 Å². The number of unbranched alkanes of at least 4 members (excludes halogenated alkanes) is 3. The fraction of sp³-hybridized carbons (Fsp3) is 0.846. The molecule has 0 spiro atoms. The van der Waals surface area contributed by atoms with Crippen molar-refractivity contribution in [1.29, 1.82) is 0 Å². The van der Waals surface area contributed by atoms with Crippen LogP contribution in [0.2, 0.25) is 0 Å². The van der Waals surface area contributed by atoms with Gasteiger partial charge in [0, 0.05) is 13.0 Å². The van der Waals surface area contributed by atoms with Crippen molar-refractivity contribution in [3.8, 4) is 0 Å². The van der Waals surface area contributed by atoms with E-state index in [1.54, 1.807) is 0 Å². The van der Waals surface area contributed by atoms with Gasteiger partial charge in [-0.2, -0.15) is 0 Å². The van der Waals surface area contributed by atoms with Crippen molar-refractivity contribution in [1.82, 2.24) is 4.90 Å². The average Bonchev–Trinajstić information content (AvgIpc) is 2.59. The molecular formula is C13H24N2O2S. The maximum Gasteiger partial charge on any atom is 0.244 e. The minimum atomic E-state index is -0.349. The summed E-state index contributed by atoms with van der Waals surface area (Å²) in [6.07, 6.45) is 5.95. The highest BCUT2D eigenvalue weighted by molar-refractivity contribution is 7.98. The van der Waals surface area contributed by atoms with Crippen LogP contribution < -0.4 is 5.14 Å². The molecule has 18 heavy (non-hydrogen) atoms. The Bertz CT molecular complexity index is 295. The highest BCUT2D eigenvalue weighted by Crippen LogP contribution is 2.22. The Kier molecular flexibility index (Phi) is 6.71. The number of nitrogens with zero attached hydrogens (tertiary/aromatic N) is 1. The number of likely N-dealkylation sites (tertiary alicyclic amines) is 1. The first-order chi connectivity index (χ1) is 8.56. The zero-order chi connectivity index (χ0) is 13.5. The van der Waals surface area contributed by atoms with E-state index in [-0.39, 0.29) is 23.5 Å². The molecule has 104 valence electrons. The van der Waals surface area contributed by atoms with Gasteiger partial charge in [-0.05, 0) is 12.3 Å². The SMILES string of the molecule is CC(C)CCCCCCN1C(=O)CC(SN)C1=O. The van der Waals surface area contributed by atoms with Crippen LogP contribution in [0.1, 0.15) is 52.4 Å². The number of hydrogen-bond acceptors (Lipinski definition) is 4. The number of carbonyl (C=O) groups is 2. The van der Waals surface area contributed by atoms with Gasteiger partial charge in [0.15, 0.2) is 0 Å². The summed E-state index contributed by atoms with van der Waals surface area (Å²) in [6.45, 7) is 5.02.